The van der Waals surface area contributed by atoms with Gasteiger partial charge in [0.15, 0.2) is 0 Å². The van der Waals surface area contributed by atoms with Crippen LogP contribution in [0.3, 0.4) is 0 Å². The van der Waals surface area contributed by atoms with Gasteiger partial charge in [0, 0.05) is 17.1 Å². The van der Waals surface area contributed by atoms with E-state index in [0.717, 1.165) is 0 Å². The summed E-state index contributed by atoms with van der Waals surface area (Å²) in [5.74, 6) is 0. The zero-order valence-electron chi connectivity index (χ0n) is 2.72. The van der Waals surface area contributed by atoms with E-state index in [1.807, 2.05) is 0 Å². The van der Waals surface area contributed by atoms with E-state index in [2.05, 4.69) is 0 Å². The quantitative estimate of drug-likeness (QED) is 0.420. The van der Waals surface area contributed by atoms with Gasteiger partial charge in [0.2, 0.25) is 0 Å². The first-order valence-electron chi connectivity index (χ1n) is 0. The Morgan fingerprint density at radius 3 is 0.600 bits per heavy atom. The van der Waals surface area contributed by atoms with Crippen molar-refractivity contribution >= 4 is 75.8 Å². The molecule has 0 aliphatic rings. The molecule has 0 fully saturated rings. The molecule has 1 radical (unpaired) electrons. The van der Waals surface area contributed by atoms with Crippen LogP contribution in [-0.4, -0.2) is 48.9 Å². The van der Waals surface area contributed by atoms with Crippen LogP contribution in [0.2, 0.25) is 0 Å². The van der Waals surface area contributed by atoms with E-state index < -0.39 is 0 Å². The summed E-state index contributed by atoms with van der Waals surface area (Å²) in [5, 5.41) is 0. The summed E-state index contributed by atoms with van der Waals surface area (Å²) < 4.78 is 0. The minimum absolute atomic E-state index is 0. The standard InChI is InChI=1S/Cu.2H2S.2Sb.6H/h;2*1H2;;;;;;;;. The maximum atomic E-state index is 0. The monoisotopic (exact) mass is 379 g/mol. The molecule has 0 aliphatic carbocycles. The zero-order chi connectivity index (χ0) is 0. The van der Waals surface area contributed by atoms with Gasteiger partial charge in [-0.25, -0.2) is 0 Å². The van der Waals surface area contributed by atoms with Crippen LogP contribution in [0.1, 0.15) is 0 Å². The molecule has 0 saturated heterocycles. The molecule has 0 unspecified atom stereocenters. The summed E-state index contributed by atoms with van der Waals surface area (Å²) in [6, 6.07) is 0. The van der Waals surface area contributed by atoms with Crippen LogP contribution in [0.5, 0.6) is 0 Å². The van der Waals surface area contributed by atoms with E-state index in [4.69, 9.17) is 0 Å². The normalized spacial score (nSPS) is 0. The van der Waals surface area contributed by atoms with Crippen LogP contribution >= 0.6 is 27.0 Å². The molecule has 0 spiro atoms. The molecule has 0 aromatic rings. The second-order valence-electron chi connectivity index (χ2n) is 0. The van der Waals surface area contributed by atoms with Gasteiger partial charge >= 0.3 is 48.9 Å². The molecule has 0 saturated carbocycles. The van der Waals surface area contributed by atoms with Crippen LogP contribution in [0.4, 0.5) is 0 Å². The van der Waals surface area contributed by atoms with Crippen molar-refractivity contribution in [2.24, 2.45) is 0 Å². The van der Waals surface area contributed by atoms with E-state index in [1.54, 1.807) is 0 Å². The predicted molar refractivity (Wildman–Crippen MR) is 40.6 cm³/mol. The third-order valence-corrected chi connectivity index (χ3v) is 0. The van der Waals surface area contributed by atoms with Crippen molar-refractivity contribution in [1.82, 2.24) is 0 Å². The van der Waals surface area contributed by atoms with E-state index in [-0.39, 0.29) is 92.9 Å². The molecule has 0 aromatic heterocycles. The van der Waals surface area contributed by atoms with Gasteiger partial charge in [0.1, 0.15) is 0 Å². The summed E-state index contributed by atoms with van der Waals surface area (Å²) >= 11 is 0. The number of hydrogen-bond donors (Lipinski definition) is 0. The van der Waals surface area contributed by atoms with Crippen molar-refractivity contribution in [3.8, 4) is 0 Å². The van der Waals surface area contributed by atoms with Gasteiger partial charge in [-0.2, -0.15) is 27.0 Å². The number of rotatable bonds is 0. The first-order chi connectivity index (χ1) is 0. The Bertz CT molecular complexity index is 7.61. The Kier molecular flexibility index (Phi) is 261. The molecule has 0 aliphatic heterocycles. The minimum atomic E-state index is 0. The van der Waals surface area contributed by atoms with Crippen molar-refractivity contribution in [3.05, 3.63) is 0 Å². The van der Waals surface area contributed by atoms with Crippen LogP contribution in [0.25, 0.3) is 0 Å². The van der Waals surface area contributed by atoms with Crippen LogP contribution in [-0.2, 0) is 17.1 Å². The fourth-order valence-corrected chi connectivity index (χ4v) is 0. The average Bonchev–Trinajstić information content (AvgIpc) is 0. The van der Waals surface area contributed by atoms with E-state index >= 15 is 0 Å². The van der Waals surface area contributed by atoms with Crippen molar-refractivity contribution in [2.45, 2.75) is 0 Å². The summed E-state index contributed by atoms with van der Waals surface area (Å²) in [4.78, 5) is 0. The predicted octanol–water partition coefficient (Wildman–Crippen LogP) is -2.14. The van der Waals surface area contributed by atoms with Gasteiger partial charge in [0.25, 0.3) is 0 Å². The van der Waals surface area contributed by atoms with Crippen LogP contribution in [0.15, 0.2) is 0 Å². The number of hydrogen-bond acceptors (Lipinski definition) is 0. The van der Waals surface area contributed by atoms with Gasteiger partial charge in [0.05, 0.1) is 0 Å². The van der Waals surface area contributed by atoms with Gasteiger partial charge in [-0.3, -0.25) is 0 Å². The molecule has 0 rings (SSSR count). The van der Waals surface area contributed by atoms with E-state index in [9.17, 15) is 0 Å². The zero-order valence-corrected chi connectivity index (χ0v) is 13.7. The topological polar surface area (TPSA) is 0 Å². The van der Waals surface area contributed by atoms with Crippen molar-refractivity contribution in [1.29, 1.82) is 0 Å². The molecule has 5 heavy (non-hydrogen) atoms. The van der Waals surface area contributed by atoms with E-state index in [1.165, 1.54) is 0 Å². The third-order valence-electron chi connectivity index (χ3n) is 0. The fourth-order valence-electron chi connectivity index (χ4n) is 0. The first kappa shape index (κ1) is 45.3. The van der Waals surface area contributed by atoms with Crippen molar-refractivity contribution in [3.63, 3.8) is 0 Å². The molecule has 43 valence electrons. The maximum absolute atomic E-state index is 0. The van der Waals surface area contributed by atoms with Gasteiger partial charge in [-0.1, -0.05) is 0 Å². The second kappa shape index (κ2) is 28.8. The van der Waals surface area contributed by atoms with Gasteiger partial charge < -0.3 is 0 Å². The van der Waals surface area contributed by atoms with Crippen molar-refractivity contribution < 1.29 is 17.1 Å². The van der Waals surface area contributed by atoms with Gasteiger partial charge in [-0.15, -0.1) is 0 Å². The molecule has 0 nitrogen and oxygen atoms in total. The molecule has 0 aromatic carbocycles. The molecule has 0 amide bonds. The van der Waals surface area contributed by atoms with Crippen molar-refractivity contribution in [2.75, 3.05) is 0 Å². The molecular weight excluding hydrogens is 371 g/mol. The summed E-state index contributed by atoms with van der Waals surface area (Å²) in [7, 11) is 0. The molecule has 5 heteroatoms. The summed E-state index contributed by atoms with van der Waals surface area (Å²) in [5.41, 5.74) is 0. The van der Waals surface area contributed by atoms with Crippen LogP contribution in [0, 0.1) is 0 Å². The van der Waals surface area contributed by atoms with Crippen LogP contribution < -0.4 is 0 Å². The molecule has 0 bridgehead atoms. The summed E-state index contributed by atoms with van der Waals surface area (Å²) in [6.45, 7) is 0. The molecule has 0 N–H and O–H groups in total. The Morgan fingerprint density at radius 2 is 0.600 bits per heavy atom. The third kappa shape index (κ3) is 19.8. The fraction of sp³-hybridized carbons (Fsp3) is 0. The Morgan fingerprint density at radius 1 is 0.600 bits per heavy atom. The Labute approximate surface area is 91.5 Å². The van der Waals surface area contributed by atoms with E-state index in [0.29, 0.717) is 0 Å². The average molecular weight is 381 g/mol. The SMILES string of the molecule is S.S.[Cu].[SbH3].[SbH3]. The first-order valence-corrected chi connectivity index (χ1v) is 0. The molecule has 0 atom stereocenters. The summed E-state index contributed by atoms with van der Waals surface area (Å²) in [6.07, 6.45) is 0. The Balaban J connectivity index is 0. The van der Waals surface area contributed by atoms with Gasteiger partial charge in [-0.05, 0) is 0 Å². The second-order valence-corrected chi connectivity index (χ2v) is 0. The molecule has 0 heterocycles. The molecular formula is H10CuS2Sb2. The Hall–Kier alpha value is 2.86.